The van der Waals surface area contributed by atoms with Gasteiger partial charge in [0, 0.05) is 5.92 Å². The predicted octanol–water partition coefficient (Wildman–Crippen LogP) is 3.76. The summed E-state index contributed by atoms with van der Waals surface area (Å²) in [6.07, 6.45) is 6.77. The van der Waals surface area contributed by atoms with Gasteiger partial charge in [-0.05, 0) is 37.3 Å². The summed E-state index contributed by atoms with van der Waals surface area (Å²) in [6.45, 7) is 2.00. The summed E-state index contributed by atoms with van der Waals surface area (Å²) in [6, 6.07) is 10.5. The van der Waals surface area contributed by atoms with E-state index in [1.807, 2.05) is 19.1 Å². The number of ether oxygens (including phenoxy) is 2. The fraction of sp³-hybridized carbons (Fsp3) is 0.524. The molecule has 2 fully saturated rings. The Hall–Kier alpha value is -1.94. The van der Waals surface area contributed by atoms with Crippen LogP contribution in [0.5, 0.6) is 0 Å². The first kappa shape index (κ1) is 16.5. The molecule has 5 atom stereocenters. The van der Waals surface area contributed by atoms with E-state index in [2.05, 4.69) is 24.3 Å². The van der Waals surface area contributed by atoms with Crippen molar-refractivity contribution in [2.75, 3.05) is 0 Å². The van der Waals surface area contributed by atoms with Crippen molar-refractivity contribution in [3.63, 3.8) is 0 Å². The van der Waals surface area contributed by atoms with E-state index in [-0.39, 0.29) is 18.1 Å². The highest BCUT2D eigenvalue weighted by atomic mass is 16.6. The number of carbonyl (C=O) groups excluding carboxylic acids is 2. The number of esters is 2. The topological polar surface area (TPSA) is 52.6 Å². The molecule has 0 aromatic heterocycles. The van der Waals surface area contributed by atoms with Gasteiger partial charge in [-0.2, -0.15) is 0 Å². The van der Waals surface area contributed by atoms with E-state index < -0.39 is 17.9 Å². The number of benzene rings is 1. The number of fused-ring (bicyclic) bond motifs is 1. The van der Waals surface area contributed by atoms with Gasteiger partial charge in [0.25, 0.3) is 0 Å². The van der Waals surface area contributed by atoms with E-state index in [1.165, 1.54) is 12.0 Å². The zero-order valence-corrected chi connectivity index (χ0v) is 14.5. The molecule has 0 radical (unpaired) electrons. The Morgan fingerprint density at radius 1 is 1.00 bits per heavy atom. The Morgan fingerprint density at radius 2 is 1.76 bits per heavy atom. The molecule has 0 N–H and O–H groups in total. The van der Waals surface area contributed by atoms with Gasteiger partial charge < -0.3 is 9.47 Å². The molecule has 25 heavy (non-hydrogen) atoms. The molecule has 0 unspecified atom stereocenters. The van der Waals surface area contributed by atoms with Gasteiger partial charge in [-0.3, -0.25) is 9.59 Å². The minimum absolute atomic E-state index is 0.0757. The lowest BCUT2D eigenvalue weighted by Gasteiger charge is -2.38. The summed E-state index contributed by atoms with van der Waals surface area (Å²) < 4.78 is 11.4. The SMILES string of the molecule is CC1=CC[C@H]2C(=O)OC(=O)[C@H]2[C@H]1O[C@H]1CCCC[C@@H]1c1ccccc1. The van der Waals surface area contributed by atoms with Gasteiger partial charge in [0.2, 0.25) is 0 Å². The first-order valence-corrected chi connectivity index (χ1v) is 9.27. The monoisotopic (exact) mass is 340 g/mol. The van der Waals surface area contributed by atoms with Crippen LogP contribution in [0.1, 0.15) is 50.5 Å². The molecule has 1 aromatic carbocycles. The van der Waals surface area contributed by atoms with E-state index in [9.17, 15) is 9.59 Å². The number of carbonyl (C=O) groups is 2. The average molecular weight is 340 g/mol. The van der Waals surface area contributed by atoms with Crippen LogP contribution >= 0.6 is 0 Å². The van der Waals surface area contributed by atoms with Crippen molar-refractivity contribution in [3.05, 3.63) is 47.5 Å². The third-order valence-electron chi connectivity index (χ3n) is 5.93. The van der Waals surface area contributed by atoms with Gasteiger partial charge >= 0.3 is 11.9 Å². The predicted molar refractivity (Wildman–Crippen MR) is 92.8 cm³/mol. The third-order valence-corrected chi connectivity index (χ3v) is 5.93. The van der Waals surface area contributed by atoms with Crippen molar-refractivity contribution in [1.29, 1.82) is 0 Å². The van der Waals surface area contributed by atoms with Gasteiger partial charge in [0.1, 0.15) is 5.92 Å². The lowest BCUT2D eigenvalue weighted by atomic mass is 9.78. The quantitative estimate of drug-likeness (QED) is 0.477. The molecule has 3 aliphatic rings. The average Bonchev–Trinajstić information content (AvgIpc) is 2.92. The molecule has 132 valence electrons. The van der Waals surface area contributed by atoms with Crippen LogP contribution in [0.25, 0.3) is 0 Å². The summed E-state index contributed by atoms with van der Waals surface area (Å²) >= 11 is 0. The zero-order valence-electron chi connectivity index (χ0n) is 14.5. The van der Waals surface area contributed by atoms with Gasteiger partial charge in [-0.15, -0.1) is 0 Å². The summed E-state index contributed by atoms with van der Waals surface area (Å²) in [5.41, 5.74) is 2.34. The van der Waals surface area contributed by atoms with E-state index >= 15 is 0 Å². The molecule has 1 saturated carbocycles. The molecule has 4 rings (SSSR count). The third kappa shape index (κ3) is 3.04. The Labute approximate surface area is 148 Å². The lowest BCUT2D eigenvalue weighted by molar-refractivity contribution is -0.155. The number of cyclic esters (lactones) is 2. The van der Waals surface area contributed by atoms with Crippen LogP contribution in [0.15, 0.2) is 42.0 Å². The van der Waals surface area contributed by atoms with Crippen LogP contribution in [0.4, 0.5) is 0 Å². The van der Waals surface area contributed by atoms with Crippen LogP contribution in [0.3, 0.4) is 0 Å². The number of hydrogen-bond donors (Lipinski definition) is 0. The molecular formula is C21H24O4. The van der Waals surface area contributed by atoms with Crippen LogP contribution in [-0.2, 0) is 19.1 Å². The van der Waals surface area contributed by atoms with Crippen molar-refractivity contribution in [2.24, 2.45) is 11.8 Å². The fourth-order valence-electron chi connectivity index (χ4n) is 4.56. The molecule has 1 aliphatic heterocycles. The second-order valence-electron chi connectivity index (χ2n) is 7.45. The number of hydrogen-bond acceptors (Lipinski definition) is 4. The van der Waals surface area contributed by atoms with Crippen molar-refractivity contribution >= 4 is 11.9 Å². The maximum absolute atomic E-state index is 12.2. The molecule has 1 heterocycles. The number of rotatable bonds is 3. The van der Waals surface area contributed by atoms with Crippen molar-refractivity contribution < 1.29 is 19.1 Å². The Bertz CT molecular complexity index is 693. The molecule has 0 bridgehead atoms. The summed E-state index contributed by atoms with van der Waals surface area (Å²) in [4.78, 5) is 24.1. The van der Waals surface area contributed by atoms with E-state index in [0.717, 1.165) is 24.8 Å². The Balaban J connectivity index is 1.58. The normalized spacial score (nSPS) is 35.1. The van der Waals surface area contributed by atoms with Crippen LogP contribution < -0.4 is 0 Å². The largest absolute Gasteiger partial charge is 0.393 e. The summed E-state index contributed by atoms with van der Waals surface area (Å²) in [7, 11) is 0. The molecule has 0 spiro atoms. The highest BCUT2D eigenvalue weighted by Crippen LogP contribution is 2.42. The van der Waals surface area contributed by atoms with Gasteiger partial charge in [-0.1, -0.05) is 49.2 Å². The van der Waals surface area contributed by atoms with Gasteiger partial charge in [0.05, 0.1) is 18.1 Å². The molecule has 0 amide bonds. The maximum atomic E-state index is 12.2. The maximum Gasteiger partial charge on any atom is 0.320 e. The minimum atomic E-state index is -0.476. The minimum Gasteiger partial charge on any atom is -0.393 e. The van der Waals surface area contributed by atoms with E-state index in [4.69, 9.17) is 9.47 Å². The molecular weight excluding hydrogens is 316 g/mol. The second kappa shape index (κ2) is 6.75. The summed E-state index contributed by atoms with van der Waals surface area (Å²) in [5, 5.41) is 0. The van der Waals surface area contributed by atoms with E-state index in [0.29, 0.717) is 12.3 Å². The van der Waals surface area contributed by atoms with Crippen molar-refractivity contribution in [2.45, 2.75) is 57.2 Å². The molecule has 1 saturated heterocycles. The molecule has 4 heteroatoms. The first-order valence-electron chi connectivity index (χ1n) is 9.27. The second-order valence-corrected chi connectivity index (χ2v) is 7.45. The van der Waals surface area contributed by atoms with Crippen LogP contribution in [-0.4, -0.2) is 24.1 Å². The highest BCUT2D eigenvalue weighted by molar-refractivity contribution is 5.97. The Kier molecular flexibility index (Phi) is 4.46. The van der Waals surface area contributed by atoms with Crippen LogP contribution in [0, 0.1) is 11.8 Å². The summed E-state index contributed by atoms with van der Waals surface area (Å²) in [5.74, 6) is -1.32. The van der Waals surface area contributed by atoms with Gasteiger partial charge in [0.15, 0.2) is 0 Å². The fourth-order valence-corrected chi connectivity index (χ4v) is 4.56. The van der Waals surface area contributed by atoms with Gasteiger partial charge in [-0.25, -0.2) is 0 Å². The molecule has 1 aromatic rings. The zero-order chi connectivity index (χ0) is 17.4. The Morgan fingerprint density at radius 3 is 2.56 bits per heavy atom. The number of allylic oxidation sites excluding steroid dienone is 1. The standard InChI is InChI=1S/C21H24O4/c1-13-11-12-16-18(21(23)25-20(16)22)19(13)24-17-10-6-5-9-15(17)14-7-3-2-4-8-14/h2-4,7-8,11,15-19H,5-6,9-10,12H2,1H3/t15-,16-,17+,18-,19+/m1/s1. The molecule has 4 nitrogen and oxygen atoms in total. The molecule has 2 aliphatic carbocycles. The van der Waals surface area contributed by atoms with Crippen molar-refractivity contribution in [1.82, 2.24) is 0 Å². The van der Waals surface area contributed by atoms with E-state index in [1.54, 1.807) is 0 Å². The first-order chi connectivity index (χ1) is 12.1. The van der Waals surface area contributed by atoms with Crippen LogP contribution in [0.2, 0.25) is 0 Å². The lowest BCUT2D eigenvalue weighted by Crippen LogP contribution is -2.41. The highest BCUT2D eigenvalue weighted by Gasteiger charge is 2.51. The van der Waals surface area contributed by atoms with Crippen molar-refractivity contribution in [3.8, 4) is 0 Å². The smallest absolute Gasteiger partial charge is 0.320 e.